The Labute approximate surface area is 192 Å². The molecule has 0 aromatic heterocycles. The van der Waals surface area contributed by atoms with Crippen LogP contribution in [0.5, 0.6) is 0 Å². The van der Waals surface area contributed by atoms with Crippen LogP contribution < -0.4 is 0 Å². The van der Waals surface area contributed by atoms with E-state index in [9.17, 15) is 4.79 Å². The highest BCUT2D eigenvalue weighted by Crippen LogP contribution is 2.42. The van der Waals surface area contributed by atoms with Gasteiger partial charge in [0.1, 0.15) is 6.61 Å². The quantitative estimate of drug-likeness (QED) is 0.190. The van der Waals surface area contributed by atoms with Crippen molar-refractivity contribution in [2.75, 3.05) is 6.61 Å². The van der Waals surface area contributed by atoms with E-state index < -0.39 is 16.6 Å². The molecule has 0 spiro atoms. The van der Waals surface area contributed by atoms with Crippen LogP contribution in [0.15, 0.2) is 17.1 Å². The largest absolute Gasteiger partial charge is 0.530 e. The molecule has 1 heterocycles. The number of ether oxygens (including phenoxy) is 1. The fourth-order valence-electron chi connectivity index (χ4n) is 4.57. The Morgan fingerprint density at radius 2 is 1.55 bits per heavy atom. The number of hydrogen-bond donors (Lipinski definition) is 0. The highest BCUT2D eigenvalue weighted by molar-refractivity contribution is 6.77. The average Bonchev–Trinajstić information content (AvgIpc) is 2.96. The molecule has 0 aromatic rings. The summed E-state index contributed by atoms with van der Waals surface area (Å²) in [5.41, 5.74) is 1.51. The van der Waals surface area contributed by atoms with Gasteiger partial charge in [0.05, 0.1) is 18.3 Å². The molecule has 1 aliphatic rings. The zero-order chi connectivity index (χ0) is 24.1. The molecule has 0 aromatic carbocycles. The Balaban J connectivity index is 3.18. The summed E-state index contributed by atoms with van der Waals surface area (Å²) in [5.74, 6) is 0.724. The highest BCUT2D eigenvalue weighted by Gasteiger charge is 2.46. The van der Waals surface area contributed by atoms with Gasteiger partial charge >= 0.3 is 6.09 Å². The standard InChI is InChI=1S/C23H46N2O4Si2/c1-16(2)21-15-27-23(26)25(21)14-22(29-30(10,11)12)24-13-20(9)28-31(17(3)4,18(5)6)19(7)8/h13-14,16-21H,15H2,1-12H3/b22-14-,24-13+/t20-,21+/m0/s1. The van der Waals surface area contributed by atoms with Crippen LogP contribution in [-0.4, -0.2) is 52.6 Å². The third-order valence-corrected chi connectivity index (χ3v) is 12.9. The molecule has 0 saturated carbocycles. The summed E-state index contributed by atoms with van der Waals surface area (Å²) in [7, 11) is -3.94. The van der Waals surface area contributed by atoms with Gasteiger partial charge in [-0.25, -0.2) is 9.79 Å². The molecule has 0 aliphatic carbocycles. The SMILES string of the molecule is CC(C)[C@H]1COC(=O)N1/C=C(/N=C/[C@H](C)O[Si](C(C)C)(C(C)C)C(C)C)O[Si](C)(C)C. The van der Waals surface area contributed by atoms with Crippen molar-refractivity contribution in [2.24, 2.45) is 10.9 Å². The van der Waals surface area contributed by atoms with Crippen LogP contribution in [0.25, 0.3) is 0 Å². The van der Waals surface area contributed by atoms with E-state index in [4.69, 9.17) is 13.6 Å². The summed E-state index contributed by atoms with van der Waals surface area (Å²) in [5, 5.41) is 0. The number of aliphatic imine (C=N–C) groups is 1. The number of cyclic esters (lactones) is 1. The lowest BCUT2D eigenvalue weighted by Gasteiger charge is -2.43. The molecule has 0 unspecified atom stereocenters. The van der Waals surface area contributed by atoms with Crippen molar-refractivity contribution in [1.29, 1.82) is 0 Å². The maximum atomic E-state index is 12.3. The lowest BCUT2D eigenvalue weighted by atomic mass is 10.1. The van der Waals surface area contributed by atoms with Gasteiger partial charge in [-0.05, 0) is 49.1 Å². The van der Waals surface area contributed by atoms with Gasteiger partial charge in [-0.1, -0.05) is 55.4 Å². The van der Waals surface area contributed by atoms with Crippen molar-refractivity contribution in [3.63, 3.8) is 0 Å². The molecule has 31 heavy (non-hydrogen) atoms. The van der Waals surface area contributed by atoms with E-state index in [1.54, 1.807) is 11.1 Å². The number of hydrogen-bond acceptors (Lipinski definition) is 5. The van der Waals surface area contributed by atoms with Crippen LogP contribution in [0, 0.1) is 5.92 Å². The molecule has 6 nitrogen and oxygen atoms in total. The molecule has 1 rings (SSSR count). The summed E-state index contributed by atoms with van der Waals surface area (Å²) in [6.45, 7) is 26.6. The van der Waals surface area contributed by atoms with E-state index in [2.05, 4.69) is 80.0 Å². The van der Waals surface area contributed by atoms with Crippen LogP contribution in [0.3, 0.4) is 0 Å². The molecule has 0 N–H and O–H groups in total. The normalized spacial score (nSPS) is 20.0. The minimum atomic E-state index is -2.01. The van der Waals surface area contributed by atoms with Gasteiger partial charge < -0.3 is 13.6 Å². The van der Waals surface area contributed by atoms with Crippen LogP contribution in [0.1, 0.15) is 62.3 Å². The van der Waals surface area contributed by atoms with Crippen molar-refractivity contribution in [1.82, 2.24) is 4.90 Å². The summed E-state index contributed by atoms with van der Waals surface area (Å²) in [4.78, 5) is 18.6. The molecular formula is C23H46N2O4Si2. The number of carbonyl (C=O) groups is 1. The van der Waals surface area contributed by atoms with Crippen molar-refractivity contribution in [3.05, 3.63) is 12.1 Å². The Kier molecular flexibility index (Phi) is 10.0. The molecular weight excluding hydrogens is 424 g/mol. The van der Waals surface area contributed by atoms with E-state index in [0.29, 0.717) is 29.1 Å². The molecule has 1 fully saturated rings. The lowest BCUT2D eigenvalue weighted by molar-refractivity contribution is 0.165. The summed E-state index contributed by atoms with van der Waals surface area (Å²) in [6.07, 6.45) is 3.05. The molecule has 1 aliphatic heterocycles. The number of amides is 1. The van der Waals surface area contributed by atoms with Gasteiger partial charge in [0.15, 0.2) is 0 Å². The Bertz CT molecular complexity index is 633. The third-order valence-electron chi connectivity index (χ3n) is 5.88. The van der Waals surface area contributed by atoms with Gasteiger partial charge in [-0.2, -0.15) is 0 Å². The fourth-order valence-corrected chi connectivity index (χ4v) is 10.8. The zero-order valence-corrected chi connectivity index (χ0v) is 23.9. The monoisotopic (exact) mass is 470 g/mol. The van der Waals surface area contributed by atoms with E-state index in [1.807, 2.05) is 13.1 Å². The fraction of sp³-hybridized carbons (Fsp3) is 0.826. The van der Waals surface area contributed by atoms with Crippen molar-refractivity contribution in [3.8, 4) is 0 Å². The van der Waals surface area contributed by atoms with Crippen LogP contribution in [0.2, 0.25) is 36.3 Å². The predicted octanol–water partition coefficient (Wildman–Crippen LogP) is 6.77. The first-order valence-electron chi connectivity index (χ1n) is 11.7. The predicted molar refractivity (Wildman–Crippen MR) is 134 cm³/mol. The first-order valence-corrected chi connectivity index (χ1v) is 17.2. The molecule has 0 radical (unpaired) electrons. The second-order valence-electron chi connectivity index (χ2n) is 10.9. The van der Waals surface area contributed by atoms with E-state index in [-0.39, 0.29) is 24.2 Å². The summed E-state index contributed by atoms with van der Waals surface area (Å²) >= 11 is 0. The van der Waals surface area contributed by atoms with Crippen molar-refractivity contribution >= 4 is 28.9 Å². The van der Waals surface area contributed by atoms with Gasteiger partial charge in [0.2, 0.25) is 22.5 Å². The van der Waals surface area contributed by atoms with E-state index in [0.717, 1.165) is 0 Å². The molecule has 8 heteroatoms. The number of carbonyl (C=O) groups excluding carboxylic acids is 1. The first-order chi connectivity index (χ1) is 14.1. The second kappa shape index (κ2) is 11.1. The lowest BCUT2D eigenvalue weighted by Crippen LogP contribution is -2.50. The van der Waals surface area contributed by atoms with Gasteiger partial charge in [0, 0.05) is 6.21 Å². The molecule has 180 valence electrons. The smallest absolute Gasteiger partial charge is 0.414 e. The minimum Gasteiger partial charge on any atom is -0.530 e. The minimum absolute atomic E-state index is 0.0144. The number of nitrogens with zero attached hydrogens (tertiary/aromatic N) is 2. The Hall–Kier alpha value is -1.13. The first kappa shape index (κ1) is 27.9. The summed E-state index contributed by atoms with van der Waals surface area (Å²) < 4.78 is 18.2. The van der Waals surface area contributed by atoms with Gasteiger partial charge in [-0.3, -0.25) is 4.90 Å². The number of rotatable bonds is 11. The second-order valence-corrected chi connectivity index (χ2v) is 20.7. The van der Waals surface area contributed by atoms with Crippen LogP contribution >= 0.6 is 0 Å². The third kappa shape index (κ3) is 7.46. The Morgan fingerprint density at radius 1 is 1.03 bits per heavy atom. The van der Waals surface area contributed by atoms with Crippen LogP contribution in [0.4, 0.5) is 4.79 Å². The van der Waals surface area contributed by atoms with Gasteiger partial charge in [-0.15, -0.1) is 0 Å². The van der Waals surface area contributed by atoms with Gasteiger partial charge in [0.25, 0.3) is 0 Å². The van der Waals surface area contributed by atoms with E-state index >= 15 is 0 Å². The molecule has 0 bridgehead atoms. The summed E-state index contributed by atoms with van der Waals surface area (Å²) in [6, 6.07) is -0.0144. The highest BCUT2D eigenvalue weighted by atomic mass is 28.4. The zero-order valence-electron chi connectivity index (χ0n) is 21.9. The van der Waals surface area contributed by atoms with E-state index in [1.165, 1.54) is 0 Å². The maximum absolute atomic E-state index is 12.3. The Morgan fingerprint density at radius 3 is 1.97 bits per heavy atom. The van der Waals surface area contributed by atoms with Crippen molar-refractivity contribution in [2.45, 2.75) is 111 Å². The topological polar surface area (TPSA) is 60.4 Å². The van der Waals surface area contributed by atoms with Crippen molar-refractivity contribution < 1.29 is 18.4 Å². The molecule has 2 atom stereocenters. The maximum Gasteiger partial charge on any atom is 0.414 e. The van der Waals surface area contributed by atoms with Crippen LogP contribution in [-0.2, 0) is 13.6 Å². The average molecular weight is 471 g/mol. The molecule has 1 saturated heterocycles. The molecule has 1 amide bonds.